The minimum Gasteiger partial charge on any atom is -0.392 e. The van der Waals surface area contributed by atoms with Crippen LogP contribution in [-0.2, 0) is 0 Å². The van der Waals surface area contributed by atoms with Crippen molar-refractivity contribution in [3.8, 4) is 0 Å². The first kappa shape index (κ1) is 26.9. The van der Waals surface area contributed by atoms with Crippen LogP contribution in [0.1, 0.15) is 59.3 Å². The monoisotopic (exact) mass is 496 g/mol. The van der Waals surface area contributed by atoms with Gasteiger partial charge in [0.1, 0.15) is 6.04 Å². The molecule has 7 heteroatoms. The van der Waals surface area contributed by atoms with Gasteiger partial charge in [-0.3, -0.25) is 4.90 Å². The van der Waals surface area contributed by atoms with E-state index in [1.165, 1.54) is 5.57 Å². The van der Waals surface area contributed by atoms with E-state index in [0.717, 1.165) is 44.2 Å². The molecule has 0 aromatic rings. The Bertz CT molecular complexity index is 854. The van der Waals surface area contributed by atoms with Gasteiger partial charge < -0.3 is 15.5 Å². The number of piperazine rings is 1. The molecular weight excluding hydrogens is 453 g/mol. The maximum atomic E-state index is 13.2. The lowest BCUT2D eigenvalue weighted by molar-refractivity contribution is -0.165. The van der Waals surface area contributed by atoms with Crippen LogP contribution in [0.5, 0.6) is 0 Å². The van der Waals surface area contributed by atoms with Gasteiger partial charge in [-0.25, -0.2) is 0 Å². The van der Waals surface area contributed by atoms with Crippen molar-refractivity contribution in [3.63, 3.8) is 0 Å². The standard InChI is InChI=1S/C28H43F3N2O2/c1-17(15-33-13-12-32-25(16-33)28(29,30)31)22-9-10-23-20(6-5-11-27(22,23)4)7-8-21-14-24(34)19(3)26(35)18(21)2/h7-8,17,19,22-26,32,34-35H,2,5-6,9-16H2,1,3-4H3/b20-7+,21-8-/t17?,19-,22+,23-,24+,25?,26+,27+/m0/s1. The molecule has 4 rings (SSSR count). The summed E-state index contributed by atoms with van der Waals surface area (Å²) in [5.74, 6) is 1.12. The number of aliphatic hydroxyl groups is 2. The molecule has 1 saturated heterocycles. The molecule has 1 heterocycles. The first-order chi connectivity index (χ1) is 16.4. The van der Waals surface area contributed by atoms with Gasteiger partial charge in [0.15, 0.2) is 0 Å². The van der Waals surface area contributed by atoms with Crippen LogP contribution in [0.2, 0.25) is 0 Å². The number of hydrogen-bond donors (Lipinski definition) is 3. The van der Waals surface area contributed by atoms with Gasteiger partial charge >= 0.3 is 6.18 Å². The van der Waals surface area contributed by atoms with Crippen molar-refractivity contribution in [2.75, 3.05) is 26.2 Å². The summed E-state index contributed by atoms with van der Waals surface area (Å²) in [6.45, 7) is 12.4. The highest BCUT2D eigenvalue weighted by Crippen LogP contribution is 2.59. The molecule has 198 valence electrons. The minimum absolute atomic E-state index is 0.0413. The lowest BCUT2D eigenvalue weighted by Gasteiger charge is -2.45. The highest BCUT2D eigenvalue weighted by atomic mass is 19.4. The number of halogens is 3. The number of nitrogens with zero attached hydrogens (tertiary/aromatic N) is 1. The van der Waals surface area contributed by atoms with Gasteiger partial charge in [0.25, 0.3) is 0 Å². The smallest absolute Gasteiger partial charge is 0.392 e. The summed E-state index contributed by atoms with van der Waals surface area (Å²) in [5, 5.41) is 23.4. The predicted octanol–water partition coefficient (Wildman–Crippen LogP) is 4.85. The van der Waals surface area contributed by atoms with Crippen molar-refractivity contribution in [2.45, 2.75) is 83.7 Å². The Labute approximate surface area is 208 Å². The highest BCUT2D eigenvalue weighted by Gasteiger charge is 2.51. The third-order valence-corrected chi connectivity index (χ3v) is 9.73. The van der Waals surface area contributed by atoms with Gasteiger partial charge in [0.2, 0.25) is 0 Å². The Morgan fingerprint density at radius 3 is 2.71 bits per heavy atom. The SMILES string of the molecule is C=C1/C(=C\C=C2/CCC[C@]3(C)[C@@H](C(C)CN4CCNC(C(F)(F)F)C4)CC[C@@H]23)C[C@@H](O)[C@H](C)[C@@H]1O. The second kappa shape index (κ2) is 10.3. The summed E-state index contributed by atoms with van der Waals surface area (Å²) in [6.07, 6.45) is 4.92. The zero-order valence-corrected chi connectivity index (χ0v) is 21.4. The quantitative estimate of drug-likeness (QED) is 0.521. The molecule has 8 atom stereocenters. The van der Waals surface area contributed by atoms with Crippen LogP contribution < -0.4 is 5.32 Å². The van der Waals surface area contributed by atoms with E-state index >= 15 is 0 Å². The van der Waals surface area contributed by atoms with Crippen molar-refractivity contribution in [1.82, 2.24) is 10.2 Å². The molecule has 0 aromatic carbocycles. The minimum atomic E-state index is -4.20. The van der Waals surface area contributed by atoms with Gasteiger partial charge in [0, 0.05) is 32.1 Å². The second-order valence-electron chi connectivity index (χ2n) is 11.9. The van der Waals surface area contributed by atoms with Crippen LogP contribution in [0.15, 0.2) is 35.5 Å². The van der Waals surface area contributed by atoms with Crippen molar-refractivity contribution in [1.29, 1.82) is 0 Å². The van der Waals surface area contributed by atoms with Crippen LogP contribution in [0.25, 0.3) is 0 Å². The molecule has 0 spiro atoms. The first-order valence-electron chi connectivity index (χ1n) is 13.4. The fraction of sp³-hybridized carbons (Fsp3) is 0.786. The molecule has 3 saturated carbocycles. The van der Waals surface area contributed by atoms with Crippen molar-refractivity contribution < 1.29 is 23.4 Å². The van der Waals surface area contributed by atoms with E-state index in [-0.39, 0.29) is 17.9 Å². The topological polar surface area (TPSA) is 55.7 Å². The molecule has 4 fully saturated rings. The Morgan fingerprint density at radius 1 is 1.26 bits per heavy atom. The van der Waals surface area contributed by atoms with Gasteiger partial charge in [0.05, 0.1) is 12.2 Å². The van der Waals surface area contributed by atoms with Crippen LogP contribution in [0.3, 0.4) is 0 Å². The lowest BCUT2D eigenvalue weighted by atomic mass is 9.61. The molecule has 0 bridgehead atoms. The second-order valence-corrected chi connectivity index (χ2v) is 11.9. The molecule has 0 aromatic heterocycles. The molecule has 2 unspecified atom stereocenters. The summed E-state index contributed by atoms with van der Waals surface area (Å²) >= 11 is 0. The van der Waals surface area contributed by atoms with Crippen molar-refractivity contribution in [2.24, 2.45) is 29.1 Å². The summed E-state index contributed by atoms with van der Waals surface area (Å²) in [7, 11) is 0. The molecule has 35 heavy (non-hydrogen) atoms. The van der Waals surface area contributed by atoms with E-state index in [4.69, 9.17) is 0 Å². The van der Waals surface area contributed by atoms with E-state index in [9.17, 15) is 23.4 Å². The number of rotatable bonds is 4. The largest absolute Gasteiger partial charge is 0.405 e. The number of hydrogen-bond acceptors (Lipinski definition) is 4. The van der Waals surface area contributed by atoms with Crippen LogP contribution >= 0.6 is 0 Å². The maximum absolute atomic E-state index is 13.2. The van der Waals surface area contributed by atoms with E-state index in [1.807, 2.05) is 11.8 Å². The molecule has 0 radical (unpaired) electrons. The van der Waals surface area contributed by atoms with E-state index in [1.54, 1.807) is 0 Å². The highest BCUT2D eigenvalue weighted by molar-refractivity contribution is 5.39. The molecule has 3 N–H and O–H groups in total. The number of fused-ring (bicyclic) bond motifs is 1. The molecule has 0 amide bonds. The summed E-state index contributed by atoms with van der Waals surface area (Å²) in [5.41, 5.74) is 3.25. The summed E-state index contributed by atoms with van der Waals surface area (Å²) in [4.78, 5) is 2.01. The Balaban J connectivity index is 1.45. The third kappa shape index (κ3) is 5.43. The van der Waals surface area contributed by atoms with Gasteiger partial charge in [-0.05, 0) is 72.8 Å². The fourth-order valence-electron chi connectivity index (χ4n) is 7.59. The number of aliphatic hydroxyl groups excluding tert-OH is 2. The van der Waals surface area contributed by atoms with Crippen LogP contribution in [0, 0.1) is 29.1 Å². The van der Waals surface area contributed by atoms with Crippen molar-refractivity contribution in [3.05, 3.63) is 35.5 Å². The third-order valence-electron chi connectivity index (χ3n) is 9.73. The number of allylic oxidation sites excluding steroid dienone is 3. The normalized spacial score (nSPS) is 42.5. The zero-order valence-electron chi connectivity index (χ0n) is 21.4. The fourth-order valence-corrected chi connectivity index (χ4v) is 7.59. The summed E-state index contributed by atoms with van der Waals surface area (Å²) in [6, 6.07) is -1.43. The summed E-state index contributed by atoms with van der Waals surface area (Å²) < 4.78 is 39.7. The van der Waals surface area contributed by atoms with Gasteiger partial charge in [-0.1, -0.05) is 45.1 Å². The number of alkyl halides is 3. The lowest BCUT2D eigenvalue weighted by Crippen LogP contribution is -2.57. The molecule has 3 aliphatic carbocycles. The zero-order chi connectivity index (χ0) is 25.5. The predicted molar refractivity (Wildman–Crippen MR) is 133 cm³/mol. The number of nitrogens with one attached hydrogen (secondary N) is 1. The van der Waals surface area contributed by atoms with E-state index < -0.39 is 24.4 Å². The molecule has 4 aliphatic rings. The molecule has 4 nitrogen and oxygen atoms in total. The van der Waals surface area contributed by atoms with Crippen LogP contribution in [-0.4, -0.2) is 65.7 Å². The van der Waals surface area contributed by atoms with E-state index in [0.29, 0.717) is 42.8 Å². The Hall–Kier alpha value is -1.15. The average Bonchev–Trinajstić information content (AvgIpc) is 3.16. The van der Waals surface area contributed by atoms with Gasteiger partial charge in [-0.2, -0.15) is 13.2 Å². The van der Waals surface area contributed by atoms with E-state index in [2.05, 4.69) is 37.9 Å². The Morgan fingerprint density at radius 2 is 2.00 bits per heavy atom. The Kier molecular flexibility index (Phi) is 7.92. The molecule has 1 aliphatic heterocycles. The first-order valence-corrected chi connectivity index (χ1v) is 13.4. The van der Waals surface area contributed by atoms with Crippen molar-refractivity contribution >= 4 is 0 Å². The molecular formula is C28H43F3N2O2. The van der Waals surface area contributed by atoms with Gasteiger partial charge in [-0.15, -0.1) is 0 Å². The maximum Gasteiger partial charge on any atom is 0.405 e. The van der Waals surface area contributed by atoms with Crippen LogP contribution in [0.4, 0.5) is 13.2 Å². The average molecular weight is 497 g/mol.